The summed E-state index contributed by atoms with van der Waals surface area (Å²) >= 11 is 0. The predicted molar refractivity (Wildman–Crippen MR) is 109 cm³/mol. The van der Waals surface area contributed by atoms with Crippen molar-refractivity contribution in [1.82, 2.24) is 0 Å². The Morgan fingerprint density at radius 2 is 1.58 bits per heavy atom. The Labute approximate surface area is 158 Å². The topological polar surface area (TPSA) is 43.4 Å². The highest BCUT2D eigenvalue weighted by molar-refractivity contribution is 7.93. The molecule has 3 nitrogen and oxygen atoms in total. The van der Waals surface area contributed by atoms with Crippen LogP contribution < -0.4 is 0 Å². The van der Waals surface area contributed by atoms with Gasteiger partial charge in [0.05, 0.1) is 22.9 Å². The van der Waals surface area contributed by atoms with Crippen LogP contribution in [0.25, 0.3) is 0 Å². The fraction of sp³-hybridized carbons (Fsp3) is 0.429. The van der Waals surface area contributed by atoms with Gasteiger partial charge in [-0.3, -0.25) is 0 Å². The van der Waals surface area contributed by atoms with Crippen LogP contribution in [0.4, 0.5) is 0 Å². The van der Waals surface area contributed by atoms with Crippen molar-refractivity contribution in [3.8, 4) is 0 Å². The summed E-state index contributed by atoms with van der Waals surface area (Å²) in [5.74, 6) is 0.0862. The van der Waals surface area contributed by atoms with Gasteiger partial charge in [-0.1, -0.05) is 68.2 Å². The molecule has 0 aliphatic heterocycles. The van der Waals surface area contributed by atoms with E-state index in [1.807, 2.05) is 36.4 Å². The monoisotopic (exact) mass is 388 g/mol. The zero-order valence-corrected chi connectivity index (χ0v) is 17.6. The fourth-order valence-corrected chi connectivity index (χ4v) is 10.0. The lowest BCUT2D eigenvalue weighted by Crippen LogP contribution is -2.36. The predicted octanol–water partition coefficient (Wildman–Crippen LogP) is 4.77. The molecule has 0 aromatic heterocycles. The van der Waals surface area contributed by atoms with Crippen molar-refractivity contribution in [3.63, 3.8) is 0 Å². The van der Waals surface area contributed by atoms with E-state index in [-0.39, 0.29) is 5.92 Å². The van der Waals surface area contributed by atoms with Crippen LogP contribution in [0.15, 0.2) is 65.6 Å². The van der Waals surface area contributed by atoms with Crippen molar-refractivity contribution in [2.45, 2.75) is 48.4 Å². The molecule has 2 aromatic carbocycles. The summed E-state index contributed by atoms with van der Waals surface area (Å²) in [5.41, 5.74) is 1.12. The number of rotatable bonds is 8. The molecule has 0 heterocycles. The highest BCUT2D eigenvalue weighted by atomic mass is 32.2. The highest BCUT2D eigenvalue weighted by Crippen LogP contribution is 2.57. The maximum atomic E-state index is 13.4. The van der Waals surface area contributed by atoms with Gasteiger partial charge in [-0.15, -0.1) is 0 Å². The lowest BCUT2D eigenvalue weighted by atomic mass is 10.2. The molecular weight excluding hydrogens is 360 g/mol. The van der Waals surface area contributed by atoms with Crippen LogP contribution in [-0.4, -0.2) is 27.8 Å². The molecule has 0 saturated heterocycles. The summed E-state index contributed by atoms with van der Waals surface area (Å²) in [6.07, 6.45) is 0.712. The minimum atomic E-state index is -3.35. The van der Waals surface area contributed by atoms with E-state index in [1.165, 1.54) is 0 Å². The van der Waals surface area contributed by atoms with Gasteiger partial charge < -0.3 is 4.74 Å². The number of hydrogen-bond acceptors (Lipinski definition) is 3. The minimum absolute atomic E-state index is 0.0862. The molecule has 0 N–H and O–H groups in total. The van der Waals surface area contributed by atoms with E-state index >= 15 is 0 Å². The first-order chi connectivity index (χ1) is 12.2. The second kappa shape index (κ2) is 7.29. The third kappa shape index (κ3) is 4.11. The van der Waals surface area contributed by atoms with Crippen LogP contribution >= 0.6 is 0 Å². The van der Waals surface area contributed by atoms with Crippen molar-refractivity contribution >= 4 is 17.9 Å². The van der Waals surface area contributed by atoms with Crippen LogP contribution in [0.2, 0.25) is 25.7 Å². The van der Waals surface area contributed by atoms with Crippen LogP contribution in [0, 0.1) is 5.92 Å². The molecule has 140 valence electrons. The molecule has 5 heteroatoms. The van der Waals surface area contributed by atoms with Gasteiger partial charge in [-0.2, -0.15) is 0 Å². The molecule has 1 saturated carbocycles. The van der Waals surface area contributed by atoms with E-state index in [2.05, 4.69) is 19.6 Å². The van der Waals surface area contributed by atoms with E-state index in [4.69, 9.17) is 4.74 Å². The van der Waals surface area contributed by atoms with Crippen LogP contribution in [-0.2, 0) is 21.2 Å². The lowest BCUT2D eigenvalue weighted by Gasteiger charge is -2.26. The summed E-state index contributed by atoms with van der Waals surface area (Å²) in [7, 11) is -4.90. The van der Waals surface area contributed by atoms with Crippen LogP contribution in [0.5, 0.6) is 0 Å². The second-order valence-corrected chi connectivity index (χ2v) is 16.3. The minimum Gasteiger partial charge on any atom is -0.376 e. The normalized spacial score (nSPS) is 23.0. The van der Waals surface area contributed by atoms with Gasteiger partial charge in [0, 0.05) is 14.0 Å². The van der Waals surface area contributed by atoms with Gasteiger partial charge in [-0.25, -0.2) is 8.42 Å². The molecule has 26 heavy (non-hydrogen) atoms. The average Bonchev–Trinajstić information content (AvgIpc) is 3.29. The van der Waals surface area contributed by atoms with Crippen LogP contribution in [0.3, 0.4) is 0 Å². The number of sulfone groups is 1. The number of ether oxygens (including phenoxy) is 1. The van der Waals surface area contributed by atoms with E-state index in [0.29, 0.717) is 24.5 Å². The van der Waals surface area contributed by atoms with Crippen molar-refractivity contribution in [2.24, 2.45) is 5.92 Å². The van der Waals surface area contributed by atoms with Crippen molar-refractivity contribution < 1.29 is 13.2 Å². The molecule has 0 amide bonds. The summed E-state index contributed by atoms with van der Waals surface area (Å²) in [6.45, 7) is 7.78. The van der Waals surface area contributed by atoms with E-state index < -0.39 is 22.7 Å². The molecule has 1 fully saturated rings. The molecule has 1 aliphatic carbocycles. The molecule has 1 aliphatic rings. The Morgan fingerprint density at radius 3 is 2.15 bits per heavy atom. The summed E-state index contributed by atoms with van der Waals surface area (Å²) in [4.78, 5) is 0.448. The fourth-order valence-electron chi connectivity index (χ4n) is 3.83. The molecule has 3 rings (SSSR count). The molecule has 0 bridgehead atoms. The van der Waals surface area contributed by atoms with E-state index in [0.717, 1.165) is 11.6 Å². The third-order valence-electron chi connectivity index (χ3n) is 5.02. The Kier molecular flexibility index (Phi) is 5.42. The summed E-state index contributed by atoms with van der Waals surface area (Å²) in [5, 5.41) is 0. The second-order valence-electron chi connectivity index (χ2n) is 8.52. The third-order valence-corrected chi connectivity index (χ3v) is 9.58. The smallest absolute Gasteiger partial charge is 0.184 e. The first kappa shape index (κ1) is 19.3. The van der Waals surface area contributed by atoms with Gasteiger partial charge >= 0.3 is 0 Å². The molecular formula is C21H28O3SSi. The molecule has 2 unspecified atom stereocenters. The Balaban J connectivity index is 1.75. The average molecular weight is 389 g/mol. The standard InChI is InChI=1S/C21H28O3SSi/c1-26(2,3)17-21(25(22,23)20-12-8-5-9-13-20)14-19(21)16-24-15-18-10-6-4-7-11-18/h4-13,19H,14-17H2,1-3H3. The van der Waals surface area contributed by atoms with Gasteiger partial charge in [0.25, 0.3) is 0 Å². The molecule has 2 atom stereocenters. The van der Waals surface area contributed by atoms with Crippen molar-refractivity contribution in [3.05, 3.63) is 66.2 Å². The zero-order valence-electron chi connectivity index (χ0n) is 15.8. The van der Waals surface area contributed by atoms with Gasteiger partial charge in [0.1, 0.15) is 0 Å². The van der Waals surface area contributed by atoms with E-state index in [1.54, 1.807) is 24.3 Å². The Bertz CT molecular complexity index is 829. The first-order valence-corrected chi connectivity index (χ1v) is 14.3. The van der Waals surface area contributed by atoms with Crippen molar-refractivity contribution in [1.29, 1.82) is 0 Å². The maximum Gasteiger partial charge on any atom is 0.184 e. The van der Waals surface area contributed by atoms with Crippen molar-refractivity contribution in [2.75, 3.05) is 6.61 Å². The number of hydrogen-bond donors (Lipinski definition) is 0. The lowest BCUT2D eigenvalue weighted by molar-refractivity contribution is 0.109. The largest absolute Gasteiger partial charge is 0.376 e. The Hall–Kier alpha value is -1.43. The highest BCUT2D eigenvalue weighted by Gasteiger charge is 2.64. The molecule has 0 radical (unpaired) electrons. The van der Waals surface area contributed by atoms with Gasteiger partial charge in [0.2, 0.25) is 0 Å². The Morgan fingerprint density at radius 1 is 1.00 bits per heavy atom. The van der Waals surface area contributed by atoms with E-state index in [9.17, 15) is 8.42 Å². The van der Waals surface area contributed by atoms with Gasteiger partial charge in [-0.05, 0) is 30.2 Å². The SMILES string of the molecule is C[Si](C)(C)CC1(S(=O)(=O)c2ccccc2)CC1COCc1ccccc1. The maximum absolute atomic E-state index is 13.4. The van der Waals surface area contributed by atoms with Crippen LogP contribution in [0.1, 0.15) is 12.0 Å². The zero-order chi connectivity index (χ0) is 18.8. The first-order valence-electron chi connectivity index (χ1n) is 9.16. The number of benzene rings is 2. The summed E-state index contributed by atoms with van der Waals surface area (Å²) in [6, 6.07) is 19.7. The summed E-state index contributed by atoms with van der Waals surface area (Å²) < 4.78 is 32.1. The quantitative estimate of drug-likeness (QED) is 0.612. The van der Waals surface area contributed by atoms with Gasteiger partial charge in [0.15, 0.2) is 9.84 Å². The molecule has 0 spiro atoms. The molecule has 2 aromatic rings.